The van der Waals surface area contributed by atoms with Crippen LogP contribution in [-0.2, 0) is 4.74 Å². The number of rotatable bonds is 2. The first-order valence-corrected chi connectivity index (χ1v) is 9.64. The molecule has 136 valence electrons. The number of nitrogens with one attached hydrogen (secondary N) is 1. The molecule has 0 atom stereocenters. The third-order valence-electron chi connectivity index (χ3n) is 6.09. The Kier molecular flexibility index (Phi) is 3.10. The van der Waals surface area contributed by atoms with Gasteiger partial charge in [-0.2, -0.15) is 5.10 Å². The number of fused-ring (bicyclic) bond motifs is 1. The second-order valence-electron chi connectivity index (χ2n) is 7.44. The highest BCUT2D eigenvalue weighted by Gasteiger charge is 2.41. The molecule has 0 spiro atoms. The quantitative estimate of drug-likeness (QED) is 0.451. The first-order valence-electron chi connectivity index (χ1n) is 9.64. The Hall–Kier alpha value is -3.40. The number of aromatic amines is 1. The number of benzene rings is 3. The van der Waals surface area contributed by atoms with E-state index in [4.69, 9.17) is 4.74 Å². The minimum Gasteiger partial charge on any atom is -0.461 e. The topological polar surface area (TPSA) is 55.0 Å². The SMILES string of the molecule is CCOC(=O)c1n[nH]c2cc3c(cc12)C1c2ccccc2C3c2ccccc21. The molecular formula is C24H18N2O2. The van der Waals surface area contributed by atoms with E-state index in [1.165, 1.54) is 33.4 Å². The fourth-order valence-corrected chi connectivity index (χ4v) is 5.03. The number of carbonyl (C=O) groups is 1. The third-order valence-corrected chi connectivity index (χ3v) is 6.09. The summed E-state index contributed by atoms with van der Waals surface area (Å²) < 4.78 is 5.19. The highest BCUT2D eigenvalue weighted by atomic mass is 16.5. The molecule has 0 amide bonds. The van der Waals surface area contributed by atoms with Gasteiger partial charge in [-0.05, 0) is 52.4 Å². The number of hydrogen-bond donors (Lipinski definition) is 1. The fourth-order valence-electron chi connectivity index (χ4n) is 5.03. The average Bonchev–Trinajstić information content (AvgIpc) is 3.15. The van der Waals surface area contributed by atoms with Gasteiger partial charge in [0.05, 0.1) is 12.1 Å². The zero-order valence-electron chi connectivity index (χ0n) is 15.4. The maximum Gasteiger partial charge on any atom is 0.359 e. The number of H-pyrrole nitrogens is 1. The van der Waals surface area contributed by atoms with Gasteiger partial charge in [-0.1, -0.05) is 48.5 Å². The van der Waals surface area contributed by atoms with Crippen molar-refractivity contribution in [3.63, 3.8) is 0 Å². The van der Waals surface area contributed by atoms with Gasteiger partial charge in [0, 0.05) is 17.2 Å². The van der Waals surface area contributed by atoms with Crippen molar-refractivity contribution in [3.05, 3.63) is 99.7 Å². The second kappa shape index (κ2) is 5.55. The van der Waals surface area contributed by atoms with Crippen molar-refractivity contribution in [2.24, 2.45) is 0 Å². The van der Waals surface area contributed by atoms with Crippen LogP contribution >= 0.6 is 0 Å². The predicted octanol–water partition coefficient (Wildman–Crippen LogP) is 4.73. The van der Waals surface area contributed by atoms with Gasteiger partial charge in [0.1, 0.15) is 0 Å². The van der Waals surface area contributed by atoms with Crippen LogP contribution in [0.25, 0.3) is 10.9 Å². The first kappa shape index (κ1) is 15.6. The van der Waals surface area contributed by atoms with Gasteiger partial charge < -0.3 is 4.74 Å². The number of esters is 1. The van der Waals surface area contributed by atoms with Crippen molar-refractivity contribution in [3.8, 4) is 0 Å². The normalized spacial score (nSPS) is 18.5. The molecule has 4 heteroatoms. The molecule has 4 nitrogen and oxygen atoms in total. The zero-order chi connectivity index (χ0) is 18.8. The zero-order valence-corrected chi connectivity index (χ0v) is 15.4. The number of hydrogen-bond acceptors (Lipinski definition) is 3. The summed E-state index contributed by atoms with van der Waals surface area (Å²) in [5.41, 5.74) is 9.28. The lowest BCUT2D eigenvalue weighted by atomic mass is 9.61. The lowest BCUT2D eigenvalue weighted by Crippen LogP contribution is -2.27. The summed E-state index contributed by atoms with van der Waals surface area (Å²) in [5, 5.41) is 8.12. The summed E-state index contributed by atoms with van der Waals surface area (Å²) >= 11 is 0. The maximum atomic E-state index is 12.3. The summed E-state index contributed by atoms with van der Waals surface area (Å²) in [4.78, 5) is 12.3. The monoisotopic (exact) mass is 366 g/mol. The Morgan fingerprint density at radius 3 is 1.96 bits per heavy atom. The summed E-state index contributed by atoms with van der Waals surface area (Å²) in [6, 6.07) is 21.7. The predicted molar refractivity (Wildman–Crippen MR) is 107 cm³/mol. The van der Waals surface area contributed by atoms with Crippen molar-refractivity contribution in [2.75, 3.05) is 6.61 Å². The van der Waals surface area contributed by atoms with Crippen LogP contribution in [0, 0.1) is 0 Å². The summed E-state index contributed by atoms with van der Waals surface area (Å²) in [5.74, 6) is 0.0170. The van der Waals surface area contributed by atoms with Crippen LogP contribution in [0.1, 0.15) is 62.6 Å². The molecule has 0 radical (unpaired) electrons. The maximum absolute atomic E-state index is 12.3. The molecule has 0 saturated heterocycles. The van der Waals surface area contributed by atoms with E-state index in [0.29, 0.717) is 12.3 Å². The molecule has 0 fully saturated rings. The van der Waals surface area contributed by atoms with Gasteiger partial charge in [0.25, 0.3) is 0 Å². The molecule has 0 aliphatic heterocycles. The third kappa shape index (κ3) is 1.89. The Morgan fingerprint density at radius 2 is 1.43 bits per heavy atom. The lowest BCUT2D eigenvalue weighted by molar-refractivity contribution is 0.0521. The number of ether oxygens (including phenoxy) is 1. The van der Waals surface area contributed by atoms with E-state index in [-0.39, 0.29) is 17.8 Å². The molecule has 1 N–H and O–H groups in total. The Morgan fingerprint density at radius 1 is 0.893 bits per heavy atom. The minimum atomic E-state index is -0.379. The fraction of sp³-hybridized carbons (Fsp3) is 0.167. The molecule has 28 heavy (non-hydrogen) atoms. The number of carbonyl (C=O) groups excluding carboxylic acids is 1. The molecule has 1 aromatic heterocycles. The van der Waals surface area contributed by atoms with Crippen molar-refractivity contribution in [1.82, 2.24) is 10.2 Å². The van der Waals surface area contributed by atoms with Gasteiger partial charge in [-0.15, -0.1) is 0 Å². The first-order chi connectivity index (χ1) is 13.8. The van der Waals surface area contributed by atoms with E-state index < -0.39 is 0 Å². The molecule has 2 bridgehead atoms. The van der Waals surface area contributed by atoms with Crippen molar-refractivity contribution >= 4 is 16.9 Å². The molecule has 3 aliphatic carbocycles. The molecule has 1 heterocycles. The van der Waals surface area contributed by atoms with Crippen molar-refractivity contribution < 1.29 is 9.53 Å². The number of aromatic nitrogens is 2. The molecule has 4 aromatic rings. The van der Waals surface area contributed by atoms with Crippen LogP contribution in [0.4, 0.5) is 0 Å². The van der Waals surface area contributed by atoms with Crippen LogP contribution in [0.5, 0.6) is 0 Å². The Bertz CT molecular complexity index is 1220. The Balaban J connectivity index is 1.64. The molecule has 0 unspecified atom stereocenters. The van der Waals surface area contributed by atoms with E-state index in [0.717, 1.165) is 10.9 Å². The van der Waals surface area contributed by atoms with Gasteiger partial charge in [0.15, 0.2) is 5.69 Å². The molecule has 0 saturated carbocycles. The minimum absolute atomic E-state index is 0.182. The van der Waals surface area contributed by atoms with Crippen molar-refractivity contribution in [2.45, 2.75) is 18.8 Å². The summed E-state index contributed by atoms with van der Waals surface area (Å²) in [7, 11) is 0. The van der Waals surface area contributed by atoms with E-state index in [2.05, 4.69) is 70.9 Å². The molecule has 3 aliphatic rings. The second-order valence-corrected chi connectivity index (χ2v) is 7.44. The van der Waals surface area contributed by atoms with Crippen LogP contribution in [0.3, 0.4) is 0 Å². The molecule has 7 rings (SSSR count). The van der Waals surface area contributed by atoms with Crippen LogP contribution < -0.4 is 0 Å². The van der Waals surface area contributed by atoms with Crippen molar-refractivity contribution in [1.29, 1.82) is 0 Å². The molecular weight excluding hydrogens is 348 g/mol. The van der Waals surface area contributed by atoms with Gasteiger partial charge >= 0.3 is 5.97 Å². The van der Waals surface area contributed by atoms with Crippen LogP contribution in [-0.4, -0.2) is 22.8 Å². The summed E-state index contributed by atoms with van der Waals surface area (Å²) in [6.45, 7) is 2.14. The van der Waals surface area contributed by atoms with Gasteiger partial charge in [-0.25, -0.2) is 4.79 Å². The van der Waals surface area contributed by atoms with E-state index >= 15 is 0 Å². The Labute approximate surface area is 162 Å². The van der Waals surface area contributed by atoms with E-state index in [1.807, 2.05) is 0 Å². The molecule has 3 aromatic carbocycles. The average molecular weight is 366 g/mol. The highest BCUT2D eigenvalue weighted by Crippen LogP contribution is 2.56. The van der Waals surface area contributed by atoms with E-state index in [9.17, 15) is 4.79 Å². The van der Waals surface area contributed by atoms with E-state index in [1.54, 1.807) is 6.92 Å². The van der Waals surface area contributed by atoms with Gasteiger partial charge in [-0.3, -0.25) is 5.10 Å². The number of nitrogens with zero attached hydrogens (tertiary/aromatic N) is 1. The lowest BCUT2D eigenvalue weighted by Gasteiger charge is -2.42. The van der Waals surface area contributed by atoms with Gasteiger partial charge in [0.2, 0.25) is 0 Å². The smallest absolute Gasteiger partial charge is 0.359 e. The standard InChI is InChI=1S/C24H18N2O2/c1-2-28-24(27)23-19-11-17-18(12-20(19)25-26-23)22-15-9-5-3-7-13(15)21(17)14-8-4-6-10-16(14)22/h3-12,21-22H,2H2,1H3,(H,25,26). The van der Waals surface area contributed by atoms with Crippen LogP contribution in [0.15, 0.2) is 60.7 Å². The summed E-state index contributed by atoms with van der Waals surface area (Å²) in [6.07, 6.45) is 0. The van der Waals surface area contributed by atoms with Crippen LogP contribution in [0.2, 0.25) is 0 Å². The highest BCUT2D eigenvalue weighted by molar-refractivity contribution is 6.02. The largest absolute Gasteiger partial charge is 0.461 e.